The number of rotatable bonds is 4. The van der Waals surface area contributed by atoms with Gasteiger partial charge in [-0.2, -0.15) is 0 Å². The lowest BCUT2D eigenvalue weighted by Gasteiger charge is -2.21. The second-order valence-corrected chi connectivity index (χ2v) is 5.75. The lowest BCUT2D eigenvalue weighted by atomic mass is 10.1. The first kappa shape index (κ1) is 14.6. The van der Waals surface area contributed by atoms with Gasteiger partial charge in [-0.25, -0.2) is 9.97 Å². The molecule has 116 valence electrons. The van der Waals surface area contributed by atoms with Gasteiger partial charge < -0.3 is 14.8 Å². The summed E-state index contributed by atoms with van der Waals surface area (Å²) in [4.78, 5) is 8.59. The summed E-state index contributed by atoms with van der Waals surface area (Å²) in [6, 6.07) is 8.15. The minimum absolute atomic E-state index is 0.116. The minimum atomic E-state index is 0.116. The van der Waals surface area contributed by atoms with Crippen molar-refractivity contribution in [2.45, 2.75) is 32.7 Å². The van der Waals surface area contributed by atoms with Gasteiger partial charge in [0.2, 0.25) is 0 Å². The molecule has 1 aromatic carbocycles. The Labute approximate surface area is 130 Å². The summed E-state index contributed by atoms with van der Waals surface area (Å²) in [6.07, 6.45) is 1.61. The van der Waals surface area contributed by atoms with Gasteiger partial charge in [0.1, 0.15) is 25.4 Å². The summed E-state index contributed by atoms with van der Waals surface area (Å²) in [5.74, 6) is 2.84. The molecule has 2 aromatic rings. The molecule has 1 aromatic heterocycles. The highest BCUT2D eigenvalue weighted by Crippen LogP contribution is 2.33. The molecular formula is C17H21N3O2. The number of hydrogen-bond donors (Lipinski definition) is 1. The zero-order valence-corrected chi connectivity index (χ0v) is 13.2. The van der Waals surface area contributed by atoms with E-state index in [0.717, 1.165) is 28.6 Å². The first-order valence-corrected chi connectivity index (χ1v) is 7.61. The van der Waals surface area contributed by atoms with Gasteiger partial charge in [0.25, 0.3) is 0 Å². The average Bonchev–Trinajstić information content (AvgIpc) is 2.54. The van der Waals surface area contributed by atoms with Crippen molar-refractivity contribution < 1.29 is 9.47 Å². The summed E-state index contributed by atoms with van der Waals surface area (Å²) in [5.41, 5.74) is 2.17. The summed E-state index contributed by atoms with van der Waals surface area (Å²) < 4.78 is 11.2. The Hall–Kier alpha value is -2.30. The van der Waals surface area contributed by atoms with Crippen molar-refractivity contribution in [1.29, 1.82) is 0 Å². The second kappa shape index (κ2) is 6.22. The quantitative estimate of drug-likeness (QED) is 0.935. The maximum absolute atomic E-state index is 5.64. The Morgan fingerprint density at radius 3 is 2.55 bits per heavy atom. The molecule has 3 rings (SSSR count). The zero-order chi connectivity index (χ0) is 15.5. The van der Waals surface area contributed by atoms with E-state index in [-0.39, 0.29) is 6.04 Å². The summed E-state index contributed by atoms with van der Waals surface area (Å²) >= 11 is 0. The Morgan fingerprint density at radius 2 is 1.77 bits per heavy atom. The van der Waals surface area contributed by atoms with E-state index in [4.69, 9.17) is 9.47 Å². The fourth-order valence-electron chi connectivity index (χ4n) is 2.40. The third kappa shape index (κ3) is 3.13. The van der Waals surface area contributed by atoms with Gasteiger partial charge in [0.05, 0.1) is 6.04 Å². The van der Waals surface area contributed by atoms with Gasteiger partial charge in [-0.1, -0.05) is 19.9 Å². The van der Waals surface area contributed by atoms with Crippen LogP contribution in [0.5, 0.6) is 11.5 Å². The molecule has 0 aliphatic carbocycles. The van der Waals surface area contributed by atoms with Crippen LogP contribution in [0.4, 0.5) is 5.82 Å². The van der Waals surface area contributed by atoms with Crippen molar-refractivity contribution in [3.63, 3.8) is 0 Å². The first-order chi connectivity index (χ1) is 10.6. The number of ether oxygens (including phenoxy) is 2. The van der Waals surface area contributed by atoms with E-state index >= 15 is 0 Å². The van der Waals surface area contributed by atoms with E-state index in [1.165, 1.54) is 0 Å². The lowest BCUT2D eigenvalue weighted by Crippen LogP contribution is -2.16. The largest absolute Gasteiger partial charge is 0.486 e. The number of aromatic nitrogens is 2. The SMILES string of the molecule is CC(C)c1cc(NC(C)c2ccc3c(c2)OCCO3)ncn1. The van der Waals surface area contributed by atoms with Crippen LogP contribution in [0.25, 0.3) is 0 Å². The Kier molecular flexibility index (Phi) is 4.13. The van der Waals surface area contributed by atoms with Crippen LogP contribution in [-0.2, 0) is 0 Å². The highest BCUT2D eigenvalue weighted by molar-refractivity contribution is 5.47. The number of nitrogens with one attached hydrogen (secondary N) is 1. The molecule has 0 bridgehead atoms. The molecule has 0 radical (unpaired) electrons. The third-order valence-corrected chi connectivity index (χ3v) is 3.71. The molecule has 0 amide bonds. The highest BCUT2D eigenvalue weighted by atomic mass is 16.6. The van der Waals surface area contributed by atoms with Gasteiger partial charge in [0.15, 0.2) is 11.5 Å². The molecular weight excluding hydrogens is 278 g/mol. The summed E-state index contributed by atoms with van der Waals surface area (Å²) in [5, 5.41) is 3.41. The van der Waals surface area contributed by atoms with Gasteiger partial charge in [-0.15, -0.1) is 0 Å². The smallest absolute Gasteiger partial charge is 0.161 e. The molecule has 1 aliphatic heterocycles. The van der Waals surface area contributed by atoms with Gasteiger partial charge in [0, 0.05) is 11.8 Å². The van der Waals surface area contributed by atoms with E-state index in [1.807, 2.05) is 18.2 Å². The van der Waals surface area contributed by atoms with Gasteiger partial charge >= 0.3 is 0 Å². The topological polar surface area (TPSA) is 56.3 Å². The molecule has 0 saturated carbocycles. The van der Waals surface area contributed by atoms with Crippen molar-refractivity contribution in [2.75, 3.05) is 18.5 Å². The van der Waals surface area contributed by atoms with Crippen LogP contribution < -0.4 is 14.8 Å². The van der Waals surface area contributed by atoms with Crippen LogP contribution in [0.2, 0.25) is 0 Å². The van der Waals surface area contributed by atoms with Crippen molar-refractivity contribution in [3.8, 4) is 11.5 Å². The maximum Gasteiger partial charge on any atom is 0.161 e. The molecule has 0 saturated heterocycles. The first-order valence-electron chi connectivity index (χ1n) is 7.61. The fourth-order valence-corrected chi connectivity index (χ4v) is 2.40. The Balaban J connectivity index is 1.76. The molecule has 22 heavy (non-hydrogen) atoms. The van der Waals surface area contributed by atoms with E-state index in [0.29, 0.717) is 19.1 Å². The summed E-state index contributed by atoms with van der Waals surface area (Å²) in [7, 11) is 0. The molecule has 1 unspecified atom stereocenters. The number of fused-ring (bicyclic) bond motifs is 1. The molecule has 5 heteroatoms. The third-order valence-electron chi connectivity index (χ3n) is 3.71. The predicted molar refractivity (Wildman–Crippen MR) is 85.6 cm³/mol. The molecule has 0 fully saturated rings. The van der Waals surface area contributed by atoms with Crippen LogP contribution in [0, 0.1) is 0 Å². The van der Waals surface area contributed by atoms with Crippen LogP contribution in [0.1, 0.15) is 44.0 Å². The standard InChI is InChI=1S/C17H21N3O2/c1-11(2)14-9-17(19-10-18-14)20-12(3)13-4-5-15-16(8-13)22-7-6-21-15/h4-5,8-12H,6-7H2,1-3H3,(H,18,19,20). The Morgan fingerprint density at radius 1 is 1.00 bits per heavy atom. The average molecular weight is 299 g/mol. The van der Waals surface area contributed by atoms with Crippen molar-refractivity contribution in [1.82, 2.24) is 9.97 Å². The molecule has 1 atom stereocenters. The minimum Gasteiger partial charge on any atom is -0.486 e. The monoisotopic (exact) mass is 299 g/mol. The van der Waals surface area contributed by atoms with Crippen LogP contribution in [-0.4, -0.2) is 23.2 Å². The molecule has 5 nitrogen and oxygen atoms in total. The summed E-state index contributed by atoms with van der Waals surface area (Å²) in [6.45, 7) is 7.55. The fraction of sp³-hybridized carbons (Fsp3) is 0.412. The van der Waals surface area contributed by atoms with Crippen LogP contribution >= 0.6 is 0 Å². The zero-order valence-electron chi connectivity index (χ0n) is 13.2. The predicted octanol–water partition coefficient (Wildman–Crippen LogP) is 3.54. The van der Waals surface area contributed by atoms with Crippen molar-refractivity contribution in [3.05, 3.63) is 41.9 Å². The van der Waals surface area contributed by atoms with E-state index in [2.05, 4.69) is 42.1 Å². The number of anilines is 1. The Bertz CT molecular complexity index is 658. The molecule has 1 aliphatic rings. The van der Waals surface area contributed by atoms with E-state index in [1.54, 1.807) is 6.33 Å². The molecule has 2 heterocycles. The maximum atomic E-state index is 5.64. The van der Waals surface area contributed by atoms with Gasteiger partial charge in [-0.05, 0) is 30.5 Å². The van der Waals surface area contributed by atoms with E-state index < -0.39 is 0 Å². The van der Waals surface area contributed by atoms with Crippen molar-refractivity contribution in [2.24, 2.45) is 0 Å². The number of nitrogens with zero attached hydrogens (tertiary/aromatic N) is 2. The number of benzene rings is 1. The normalized spacial score (nSPS) is 14.7. The van der Waals surface area contributed by atoms with Crippen LogP contribution in [0.3, 0.4) is 0 Å². The second-order valence-electron chi connectivity index (χ2n) is 5.75. The van der Waals surface area contributed by atoms with Gasteiger partial charge in [-0.3, -0.25) is 0 Å². The molecule has 1 N–H and O–H groups in total. The van der Waals surface area contributed by atoms with Crippen LogP contribution in [0.15, 0.2) is 30.6 Å². The van der Waals surface area contributed by atoms with Crippen molar-refractivity contribution >= 4 is 5.82 Å². The lowest BCUT2D eigenvalue weighted by molar-refractivity contribution is 0.171. The molecule has 0 spiro atoms. The number of hydrogen-bond acceptors (Lipinski definition) is 5. The highest BCUT2D eigenvalue weighted by Gasteiger charge is 2.15. The van der Waals surface area contributed by atoms with E-state index in [9.17, 15) is 0 Å².